The summed E-state index contributed by atoms with van der Waals surface area (Å²) in [6.07, 6.45) is 1.77. The lowest BCUT2D eigenvalue weighted by Gasteiger charge is -2.23. The fourth-order valence-electron chi connectivity index (χ4n) is 2.43. The lowest BCUT2D eigenvalue weighted by molar-refractivity contribution is 0.0951. The zero-order valence-corrected chi connectivity index (χ0v) is 15.0. The highest BCUT2D eigenvalue weighted by atomic mass is 32.2. The third kappa shape index (κ3) is 4.54. The average molecular weight is 330 g/mol. The molecule has 0 atom stereocenters. The van der Waals surface area contributed by atoms with Crippen LogP contribution < -0.4 is 5.32 Å². The van der Waals surface area contributed by atoms with Crippen LogP contribution in [0.3, 0.4) is 0 Å². The number of rotatable bonds is 7. The van der Waals surface area contributed by atoms with Crippen molar-refractivity contribution in [1.82, 2.24) is 19.4 Å². The summed E-state index contributed by atoms with van der Waals surface area (Å²) < 4.78 is 26.4. The van der Waals surface area contributed by atoms with Crippen molar-refractivity contribution in [3.05, 3.63) is 17.0 Å². The van der Waals surface area contributed by atoms with Crippen molar-refractivity contribution in [1.29, 1.82) is 0 Å². The first-order valence-corrected chi connectivity index (χ1v) is 9.15. The maximum atomic E-state index is 12.2. The number of nitrogens with zero attached hydrogens (tertiary/aromatic N) is 3. The van der Waals surface area contributed by atoms with Gasteiger partial charge in [-0.2, -0.15) is 9.40 Å². The maximum absolute atomic E-state index is 12.2. The number of aryl methyl sites for hydroxylation is 2. The van der Waals surface area contributed by atoms with Crippen LogP contribution in [0.4, 0.5) is 0 Å². The summed E-state index contributed by atoms with van der Waals surface area (Å²) in [5, 5.41) is 7.04. The van der Waals surface area contributed by atoms with E-state index in [1.807, 2.05) is 20.8 Å². The molecule has 0 aliphatic carbocycles. The summed E-state index contributed by atoms with van der Waals surface area (Å²) >= 11 is 0. The van der Waals surface area contributed by atoms with Crippen molar-refractivity contribution >= 4 is 15.9 Å². The van der Waals surface area contributed by atoms with E-state index >= 15 is 0 Å². The number of hydrogen-bond donors (Lipinski definition) is 1. The minimum Gasteiger partial charge on any atom is -0.352 e. The number of sulfonamides is 1. The molecular formula is C14H26N4O3S. The second-order valence-corrected chi connectivity index (χ2v) is 7.68. The second-order valence-electron chi connectivity index (χ2n) is 5.75. The standard InChI is InChI=1S/C14H26N4O3S/c1-10(2)18(22(6,20)21)9-7-8-15-14(19)13-11(3)16-17(5)12(13)4/h10H,7-9H2,1-6H3,(H,15,19). The van der Waals surface area contributed by atoms with Crippen molar-refractivity contribution in [3.8, 4) is 0 Å². The van der Waals surface area contributed by atoms with E-state index in [1.54, 1.807) is 18.7 Å². The van der Waals surface area contributed by atoms with Gasteiger partial charge >= 0.3 is 0 Å². The van der Waals surface area contributed by atoms with Gasteiger partial charge < -0.3 is 5.32 Å². The quantitative estimate of drug-likeness (QED) is 0.751. The lowest BCUT2D eigenvalue weighted by Crippen LogP contribution is -2.38. The molecule has 0 aliphatic rings. The molecule has 22 heavy (non-hydrogen) atoms. The van der Waals surface area contributed by atoms with Crippen LogP contribution in [0.5, 0.6) is 0 Å². The molecule has 1 rings (SSSR count). The van der Waals surface area contributed by atoms with E-state index in [-0.39, 0.29) is 11.9 Å². The molecule has 0 spiro atoms. The normalized spacial score (nSPS) is 12.2. The van der Waals surface area contributed by atoms with E-state index in [9.17, 15) is 13.2 Å². The highest BCUT2D eigenvalue weighted by molar-refractivity contribution is 7.88. The molecule has 1 aromatic rings. The number of hydrogen-bond acceptors (Lipinski definition) is 4. The van der Waals surface area contributed by atoms with E-state index in [1.165, 1.54) is 10.6 Å². The number of aromatic nitrogens is 2. The van der Waals surface area contributed by atoms with Crippen LogP contribution in [-0.2, 0) is 17.1 Å². The molecule has 0 bridgehead atoms. The molecule has 126 valence electrons. The van der Waals surface area contributed by atoms with Gasteiger partial charge in [0.1, 0.15) is 0 Å². The van der Waals surface area contributed by atoms with Gasteiger partial charge in [0.25, 0.3) is 5.91 Å². The first-order chi connectivity index (χ1) is 10.1. The molecule has 1 heterocycles. The Bertz CT molecular complexity index is 635. The predicted molar refractivity (Wildman–Crippen MR) is 86.3 cm³/mol. The average Bonchev–Trinajstić information content (AvgIpc) is 2.60. The predicted octanol–water partition coefficient (Wildman–Crippen LogP) is 0.827. The van der Waals surface area contributed by atoms with Gasteiger partial charge in [-0.1, -0.05) is 0 Å². The molecule has 7 nitrogen and oxygen atoms in total. The van der Waals surface area contributed by atoms with Crippen LogP contribution in [0.1, 0.15) is 42.0 Å². The summed E-state index contributed by atoms with van der Waals surface area (Å²) in [5.41, 5.74) is 2.10. The molecule has 1 N–H and O–H groups in total. The van der Waals surface area contributed by atoms with Gasteiger partial charge in [0.15, 0.2) is 0 Å². The number of carbonyl (C=O) groups excluding carboxylic acids is 1. The van der Waals surface area contributed by atoms with E-state index in [2.05, 4.69) is 10.4 Å². The van der Waals surface area contributed by atoms with Gasteiger partial charge in [0, 0.05) is 31.9 Å². The van der Waals surface area contributed by atoms with E-state index in [0.29, 0.717) is 30.8 Å². The zero-order valence-electron chi connectivity index (χ0n) is 14.2. The molecule has 0 unspecified atom stereocenters. The monoisotopic (exact) mass is 330 g/mol. The highest BCUT2D eigenvalue weighted by Gasteiger charge is 2.20. The summed E-state index contributed by atoms with van der Waals surface area (Å²) in [6.45, 7) is 8.13. The van der Waals surface area contributed by atoms with Crippen molar-refractivity contribution < 1.29 is 13.2 Å². The van der Waals surface area contributed by atoms with Crippen molar-refractivity contribution in [2.24, 2.45) is 7.05 Å². The number of carbonyl (C=O) groups is 1. The van der Waals surface area contributed by atoms with Crippen LogP contribution >= 0.6 is 0 Å². The summed E-state index contributed by atoms with van der Waals surface area (Å²) in [6, 6.07) is -0.0893. The molecule has 0 saturated carbocycles. The van der Waals surface area contributed by atoms with E-state index in [4.69, 9.17) is 0 Å². The topological polar surface area (TPSA) is 84.3 Å². The zero-order chi connectivity index (χ0) is 17.1. The van der Waals surface area contributed by atoms with Crippen molar-refractivity contribution in [2.75, 3.05) is 19.3 Å². The Morgan fingerprint density at radius 2 is 1.95 bits per heavy atom. The molecular weight excluding hydrogens is 304 g/mol. The lowest BCUT2D eigenvalue weighted by atomic mass is 10.2. The fourth-order valence-corrected chi connectivity index (χ4v) is 3.66. The van der Waals surface area contributed by atoms with Gasteiger partial charge in [0.05, 0.1) is 17.5 Å². The summed E-state index contributed by atoms with van der Waals surface area (Å²) in [7, 11) is -1.42. The Morgan fingerprint density at radius 3 is 2.36 bits per heavy atom. The maximum Gasteiger partial charge on any atom is 0.255 e. The van der Waals surface area contributed by atoms with Crippen LogP contribution in [0, 0.1) is 13.8 Å². The number of nitrogens with one attached hydrogen (secondary N) is 1. The van der Waals surface area contributed by atoms with E-state index in [0.717, 1.165) is 5.69 Å². The Hall–Kier alpha value is -1.41. The minimum atomic E-state index is -3.22. The first-order valence-electron chi connectivity index (χ1n) is 7.31. The van der Waals surface area contributed by atoms with Gasteiger partial charge in [-0.05, 0) is 34.1 Å². The SMILES string of the molecule is Cc1nn(C)c(C)c1C(=O)NCCCN(C(C)C)S(C)(=O)=O. The molecule has 0 saturated heterocycles. The third-order valence-electron chi connectivity index (χ3n) is 3.58. The number of amides is 1. The van der Waals surface area contributed by atoms with Crippen molar-refractivity contribution in [2.45, 2.75) is 40.2 Å². The van der Waals surface area contributed by atoms with Gasteiger partial charge in [-0.15, -0.1) is 0 Å². The Morgan fingerprint density at radius 1 is 1.36 bits per heavy atom. The largest absolute Gasteiger partial charge is 0.352 e. The molecule has 1 aromatic heterocycles. The first kappa shape index (κ1) is 18.6. The molecule has 0 aliphatic heterocycles. The molecule has 0 aromatic carbocycles. The third-order valence-corrected chi connectivity index (χ3v) is 5.04. The highest BCUT2D eigenvalue weighted by Crippen LogP contribution is 2.11. The summed E-state index contributed by atoms with van der Waals surface area (Å²) in [4.78, 5) is 12.2. The van der Waals surface area contributed by atoms with Gasteiger partial charge in [-0.25, -0.2) is 8.42 Å². The second kappa shape index (κ2) is 7.23. The minimum absolute atomic E-state index is 0.0893. The fraction of sp³-hybridized carbons (Fsp3) is 0.714. The van der Waals surface area contributed by atoms with Crippen LogP contribution in [-0.4, -0.2) is 53.8 Å². The van der Waals surface area contributed by atoms with Crippen LogP contribution in [0.15, 0.2) is 0 Å². The molecule has 0 radical (unpaired) electrons. The molecule has 1 amide bonds. The Balaban J connectivity index is 2.56. The molecule has 0 fully saturated rings. The summed E-state index contributed by atoms with van der Waals surface area (Å²) in [5.74, 6) is -0.168. The van der Waals surface area contributed by atoms with Crippen LogP contribution in [0.25, 0.3) is 0 Å². The van der Waals surface area contributed by atoms with Gasteiger partial charge in [-0.3, -0.25) is 9.48 Å². The molecule has 8 heteroatoms. The smallest absolute Gasteiger partial charge is 0.255 e. The van der Waals surface area contributed by atoms with Crippen LogP contribution in [0.2, 0.25) is 0 Å². The van der Waals surface area contributed by atoms with Crippen molar-refractivity contribution in [3.63, 3.8) is 0 Å². The Kier molecular flexibility index (Phi) is 6.13. The van der Waals surface area contributed by atoms with Gasteiger partial charge in [0.2, 0.25) is 10.0 Å². The Labute approximate surface area is 132 Å². The van der Waals surface area contributed by atoms with E-state index < -0.39 is 10.0 Å².